The lowest BCUT2D eigenvalue weighted by atomic mass is 10.2. The number of hydrogen-bond acceptors (Lipinski definition) is 2. The lowest BCUT2D eigenvalue weighted by Crippen LogP contribution is -2.35. The number of carbonyl (C=O) groups excluding carboxylic acids is 1. The predicted molar refractivity (Wildman–Crippen MR) is 53.9 cm³/mol. The van der Waals surface area contributed by atoms with E-state index in [0.29, 0.717) is 6.04 Å². The summed E-state index contributed by atoms with van der Waals surface area (Å²) in [6, 6.07) is -0.339. The smallest absolute Gasteiger partial charge is 0.353 e. The van der Waals surface area contributed by atoms with Crippen LogP contribution in [0.3, 0.4) is 0 Å². The molecule has 0 heterocycles. The Labute approximate surface area is 92.8 Å². The van der Waals surface area contributed by atoms with E-state index in [-0.39, 0.29) is 18.9 Å². The van der Waals surface area contributed by atoms with Crippen molar-refractivity contribution in [1.29, 1.82) is 0 Å². The van der Waals surface area contributed by atoms with Gasteiger partial charge in [0.15, 0.2) is 0 Å². The molecule has 1 rings (SSSR count). The fourth-order valence-corrected chi connectivity index (χ4v) is 1.38. The van der Waals surface area contributed by atoms with E-state index in [1.54, 1.807) is 0 Å². The second kappa shape index (κ2) is 5.52. The van der Waals surface area contributed by atoms with Gasteiger partial charge in [0, 0.05) is 25.0 Å². The van der Waals surface area contributed by atoms with Crippen LogP contribution in [0.1, 0.15) is 32.6 Å². The SMILES string of the molecule is CC(CC(F)(F)F)NCCC(=O)NC1CC1. The van der Waals surface area contributed by atoms with Gasteiger partial charge in [-0.2, -0.15) is 13.2 Å². The molecule has 0 aromatic carbocycles. The van der Waals surface area contributed by atoms with Crippen LogP contribution in [-0.4, -0.2) is 30.7 Å². The zero-order chi connectivity index (χ0) is 12.2. The monoisotopic (exact) mass is 238 g/mol. The van der Waals surface area contributed by atoms with Crippen molar-refractivity contribution in [3.63, 3.8) is 0 Å². The Bertz CT molecular complexity index is 239. The van der Waals surface area contributed by atoms with Crippen molar-refractivity contribution in [2.24, 2.45) is 0 Å². The van der Waals surface area contributed by atoms with E-state index < -0.39 is 18.6 Å². The summed E-state index contributed by atoms with van der Waals surface area (Å²) in [5.74, 6) is -0.0887. The molecule has 94 valence electrons. The summed E-state index contributed by atoms with van der Waals surface area (Å²) < 4.78 is 35.9. The molecule has 0 bridgehead atoms. The molecule has 0 spiro atoms. The minimum Gasteiger partial charge on any atom is -0.353 e. The summed E-state index contributed by atoms with van der Waals surface area (Å²) in [5.41, 5.74) is 0. The lowest BCUT2D eigenvalue weighted by Gasteiger charge is -2.15. The Morgan fingerprint density at radius 1 is 1.44 bits per heavy atom. The summed E-state index contributed by atoms with van der Waals surface area (Å²) in [7, 11) is 0. The van der Waals surface area contributed by atoms with Gasteiger partial charge in [-0.15, -0.1) is 0 Å². The number of rotatable bonds is 6. The molecule has 1 aliphatic rings. The van der Waals surface area contributed by atoms with Gasteiger partial charge in [0.2, 0.25) is 5.91 Å². The third-order valence-corrected chi connectivity index (χ3v) is 2.32. The fourth-order valence-electron chi connectivity index (χ4n) is 1.38. The maximum atomic E-state index is 12.0. The van der Waals surface area contributed by atoms with Gasteiger partial charge >= 0.3 is 6.18 Å². The van der Waals surface area contributed by atoms with Crippen LogP contribution in [0.5, 0.6) is 0 Å². The van der Waals surface area contributed by atoms with Gasteiger partial charge in [0.05, 0.1) is 6.42 Å². The largest absolute Gasteiger partial charge is 0.390 e. The maximum absolute atomic E-state index is 12.0. The Morgan fingerprint density at radius 2 is 2.06 bits per heavy atom. The van der Waals surface area contributed by atoms with Gasteiger partial charge in [-0.25, -0.2) is 0 Å². The van der Waals surface area contributed by atoms with E-state index in [9.17, 15) is 18.0 Å². The normalized spacial score (nSPS) is 18.2. The third kappa shape index (κ3) is 6.66. The summed E-state index contributed by atoms with van der Waals surface area (Å²) in [5, 5.41) is 5.46. The van der Waals surface area contributed by atoms with Gasteiger partial charge in [-0.3, -0.25) is 4.79 Å². The van der Waals surface area contributed by atoms with Crippen molar-refractivity contribution in [3.8, 4) is 0 Å². The van der Waals surface area contributed by atoms with Crippen molar-refractivity contribution in [2.75, 3.05) is 6.54 Å². The molecule has 1 saturated carbocycles. The highest BCUT2D eigenvalue weighted by Crippen LogP contribution is 2.21. The maximum Gasteiger partial charge on any atom is 0.390 e. The molecular formula is C10H17F3N2O. The predicted octanol–water partition coefficient (Wildman–Crippen LogP) is 1.59. The van der Waals surface area contributed by atoms with Crippen LogP contribution in [-0.2, 0) is 4.79 Å². The first-order chi connectivity index (χ1) is 7.37. The highest BCUT2D eigenvalue weighted by Gasteiger charge is 2.29. The molecule has 0 aromatic rings. The van der Waals surface area contributed by atoms with Crippen LogP contribution in [0.15, 0.2) is 0 Å². The molecule has 2 N–H and O–H groups in total. The molecular weight excluding hydrogens is 221 g/mol. The fraction of sp³-hybridized carbons (Fsp3) is 0.900. The summed E-state index contributed by atoms with van der Waals surface area (Å²) in [4.78, 5) is 11.2. The highest BCUT2D eigenvalue weighted by atomic mass is 19.4. The van der Waals surface area contributed by atoms with Crippen LogP contribution in [0.25, 0.3) is 0 Å². The van der Waals surface area contributed by atoms with Gasteiger partial charge in [0.1, 0.15) is 0 Å². The zero-order valence-corrected chi connectivity index (χ0v) is 9.23. The Balaban J connectivity index is 2.02. The van der Waals surface area contributed by atoms with Crippen molar-refractivity contribution in [1.82, 2.24) is 10.6 Å². The minimum absolute atomic E-state index is 0.0887. The molecule has 0 aromatic heterocycles. The van der Waals surface area contributed by atoms with Gasteiger partial charge in [0.25, 0.3) is 0 Å². The minimum atomic E-state index is -4.15. The lowest BCUT2D eigenvalue weighted by molar-refractivity contribution is -0.139. The molecule has 1 unspecified atom stereocenters. The van der Waals surface area contributed by atoms with E-state index in [0.717, 1.165) is 12.8 Å². The molecule has 3 nitrogen and oxygen atoms in total. The number of halogens is 3. The molecule has 16 heavy (non-hydrogen) atoms. The van der Waals surface area contributed by atoms with E-state index in [1.165, 1.54) is 6.92 Å². The van der Waals surface area contributed by atoms with E-state index >= 15 is 0 Å². The number of alkyl halides is 3. The molecule has 1 fully saturated rings. The molecule has 0 aliphatic heterocycles. The van der Waals surface area contributed by atoms with Crippen LogP contribution in [0.2, 0.25) is 0 Å². The van der Waals surface area contributed by atoms with Crippen LogP contribution < -0.4 is 10.6 Å². The van der Waals surface area contributed by atoms with E-state index in [4.69, 9.17) is 0 Å². The third-order valence-electron chi connectivity index (χ3n) is 2.32. The summed E-state index contributed by atoms with van der Waals surface area (Å²) in [6.07, 6.45) is -2.74. The first-order valence-corrected chi connectivity index (χ1v) is 5.46. The Morgan fingerprint density at radius 3 is 2.56 bits per heavy atom. The second-order valence-electron chi connectivity index (χ2n) is 4.27. The number of nitrogens with one attached hydrogen (secondary N) is 2. The van der Waals surface area contributed by atoms with Gasteiger partial charge < -0.3 is 10.6 Å². The van der Waals surface area contributed by atoms with Gasteiger partial charge in [-0.1, -0.05) is 0 Å². The standard InChI is InChI=1S/C10H17F3N2O/c1-7(6-10(11,12)13)14-5-4-9(16)15-8-2-3-8/h7-8,14H,2-6H2,1H3,(H,15,16). The van der Waals surface area contributed by atoms with Crippen molar-refractivity contribution in [2.45, 2.75) is 50.9 Å². The average Bonchev–Trinajstić information content (AvgIpc) is 2.84. The molecule has 1 aliphatic carbocycles. The van der Waals surface area contributed by atoms with Crippen molar-refractivity contribution in [3.05, 3.63) is 0 Å². The Hall–Kier alpha value is -0.780. The highest BCUT2D eigenvalue weighted by molar-refractivity contribution is 5.76. The average molecular weight is 238 g/mol. The number of hydrogen-bond donors (Lipinski definition) is 2. The quantitative estimate of drug-likeness (QED) is 0.737. The van der Waals surface area contributed by atoms with Crippen molar-refractivity contribution < 1.29 is 18.0 Å². The van der Waals surface area contributed by atoms with Crippen LogP contribution in [0, 0.1) is 0 Å². The van der Waals surface area contributed by atoms with E-state index in [2.05, 4.69) is 10.6 Å². The molecule has 1 amide bonds. The molecule has 0 saturated heterocycles. The van der Waals surface area contributed by atoms with Crippen LogP contribution >= 0.6 is 0 Å². The second-order valence-corrected chi connectivity index (χ2v) is 4.27. The first-order valence-electron chi connectivity index (χ1n) is 5.46. The van der Waals surface area contributed by atoms with Gasteiger partial charge in [-0.05, 0) is 19.8 Å². The molecule has 1 atom stereocenters. The van der Waals surface area contributed by atoms with E-state index in [1.807, 2.05) is 0 Å². The Kier molecular flexibility index (Phi) is 4.58. The topological polar surface area (TPSA) is 41.1 Å². The molecule has 6 heteroatoms. The summed E-state index contributed by atoms with van der Waals surface area (Å²) >= 11 is 0. The zero-order valence-electron chi connectivity index (χ0n) is 9.23. The molecule has 0 radical (unpaired) electrons. The summed E-state index contributed by atoms with van der Waals surface area (Å²) in [6.45, 7) is 1.75. The first kappa shape index (κ1) is 13.3. The number of carbonyl (C=O) groups is 1. The van der Waals surface area contributed by atoms with Crippen molar-refractivity contribution >= 4 is 5.91 Å². The number of amides is 1. The van der Waals surface area contributed by atoms with Crippen LogP contribution in [0.4, 0.5) is 13.2 Å².